The molecule has 6 rings (SSSR count). The number of fused-ring (bicyclic) bond motifs is 1. The molecule has 1 aromatic carbocycles. The minimum absolute atomic E-state index is 0.145. The first kappa shape index (κ1) is 18.4. The number of hydrogen-bond donors (Lipinski definition) is 2. The van der Waals surface area contributed by atoms with Crippen molar-refractivity contribution in [2.45, 2.75) is 64.2 Å². The van der Waals surface area contributed by atoms with Gasteiger partial charge in [-0.15, -0.1) is 0 Å². The molecule has 2 atom stereocenters. The monoisotopic (exact) mass is 401 g/mol. The van der Waals surface area contributed by atoms with Gasteiger partial charge in [0.05, 0.1) is 5.69 Å². The van der Waals surface area contributed by atoms with Gasteiger partial charge >= 0.3 is 0 Å². The normalized spacial score (nSPS) is 24.9. The summed E-state index contributed by atoms with van der Waals surface area (Å²) in [5.74, 6) is 1.71. The van der Waals surface area contributed by atoms with Crippen molar-refractivity contribution in [1.29, 1.82) is 0 Å². The summed E-state index contributed by atoms with van der Waals surface area (Å²) in [5.41, 5.74) is 8.63. The van der Waals surface area contributed by atoms with E-state index in [0.29, 0.717) is 18.3 Å². The average molecular weight is 402 g/mol. The van der Waals surface area contributed by atoms with Crippen molar-refractivity contribution in [3.8, 4) is 0 Å². The number of nitrogens with one attached hydrogen (secondary N) is 2. The summed E-state index contributed by atoms with van der Waals surface area (Å²) in [4.78, 5) is 12.4. The third kappa shape index (κ3) is 3.21. The number of rotatable bonds is 7. The molecule has 1 heterocycles. The van der Waals surface area contributed by atoms with Gasteiger partial charge in [0.1, 0.15) is 0 Å². The van der Waals surface area contributed by atoms with Gasteiger partial charge in [-0.2, -0.15) is 5.10 Å². The molecule has 4 aliphatic carbocycles. The molecule has 2 fully saturated rings. The predicted molar refractivity (Wildman–Crippen MR) is 117 cm³/mol. The third-order valence-electron chi connectivity index (χ3n) is 8.23. The number of aryl methyl sites for hydroxylation is 3. The Labute approximate surface area is 178 Å². The highest BCUT2D eigenvalue weighted by atomic mass is 16.1. The summed E-state index contributed by atoms with van der Waals surface area (Å²) in [6, 6.07) is 9.01. The van der Waals surface area contributed by atoms with Crippen LogP contribution in [0.4, 0.5) is 0 Å². The minimum atomic E-state index is 0.145. The summed E-state index contributed by atoms with van der Waals surface area (Å²) in [5, 5.41) is 10.8. The lowest BCUT2D eigenvalue weighted by Gasteiger charge is -2.17. The van der Waals surface area contributed by atoms with E-state index in [1.54, 1.807) is 0 Å². The van der Waals surface area contributed by atoms with Crippen LogP contribution >= 0.6 is 0 Å². The van der Waals surface area contributed by atoms with E-state index in [2.05, 4.69) is 45.9 Å². The van der Waals surface area contributed by atoms with Gasteiger partial charge in [0.15, 0.2) is 0 Å². The lowest BCUT2D eigenvalue weighted by Crippen LogP contribution is -2.28. The maximum absolute atomic E-state index is 12.4. The highest BCUT2D eigenvalue weighted by molar-refractivity contribution is 5.76. The van der Waals surface area contributed by atoms with Crippen LogP contribution in [0.5, 0.6) is 0 Å². The number of carbonyl (C=O) groups is 1. The molecule has 30 heavy (non-hydrogen) atoms. The Morgan fingerprint density at radius 2 is 2.07 bits per heavy atom. The fourth-order valence-electron chi connectivity index (χ4n) is 6.52. The summed E-state index contributed by atoms with van der Waals surface area (Å²) in [6.07, 6.45) is 13.8. The molecule has 156 valence electrons. The molecule has 2 unspecified atom stereocenters. The zero-order chi connectivity index (χ0) is 20.1. The third-order valence-corrected chi connectivity index (χ3v) is 8.23. The van der Waals surface area contributed by atoms with Crippen LogP contribution in [0.25, 0.3) is 0 Å². The summed E-state index contributed by atoms with van der Waals surface area (Å²) >= 11 is 0. The van der Waals surface area contributed by atoms with Crippen molar-refractivity contribution in [1.82, 2.24) is 15.5 Å². The highest BCUT2D eigenvalue weighted by Crippen LogP contribution is 2.70. The second-order valence-electron chi connectivity index (χ2n) is 10.0. The number of nitrogens with zero attached hydrogens (tertiary/aromatic N) is 1. The van der Waals surface area contributed by atoms with E-state index in [9.17, 15) is 4.79 Å². The second-order valence-corrected chi connectivity index (χ2v) is 10.0. The Bertz CT molecular complexity index is 1010. The van der Waals surface area contributed by atoms with Crippen LogP contribution in [0.15, 0.2) is 35.9 Å². The van der Waals surface area contributed by atoms with E-state index in [1.807, 2.05) is 0 Å². The van der Waals surface area contributed by atoms with Crippen LogP contribution in [0.2, 0.25) is 0 Å². The molecule has 1 spiro atoms. The fourth-order valence-corrected chi connectivity index (χ4v) is 6.52. The SMILES string of the molecule is O=C(CCc1cc(Cc2ccc3c(c2)CCC3)[nH]n1)NCC1=CC2CCC1C21CC1. The predicted octanol–water partition coefficient (Wildman–Crippen LogP) is 4.28. The molecular formula is C26H31N3O. The Morgan fingerprint density at radius 3 is 2.93 bits per heavy atom. The lowest BCUT2D eigenvalue weighted by atomic mass is 9.90. The molecule has 0 aliphatic heterocycles. The Kier molecular flexibility index (Phi) is 4.36. The number of H-pyrrole nitrogens is 1. The van der Waals surface area contributed by atoms with Crippen LogP contribution in [0.3, 0.4) is 0 Å². The average Bonchev–Trinajstić information content (AvgIpc) is 3.05. The first-order chi connectivity index (χ1) is 14.7. The molecule has 0 radical (unpaired) electrons. The van der Waals surface area contributed by atoms with Crippen LogP contribution in [0, 0.1) is 17.3 Å². The fraction of sp³-hybridized carbons (Fsp3) is 0.538. The van der Waals surface area contributed by atoms with E-state index < -0.39 is 0 Å². The second kappa shape index (κ2) is 7.11. The van der Waals surface area contributed by atoms with E-state index in [-0.39, 0.29) is 5.91 Å². The zero-order valence-electron chi connectivity index (χ0n) is 17.7. The number of carbonyl (C=O) groups excluding carboxylic acids is 1. The van der Waals surface area contributed by atoms with Crippen molar-refractivity contribution in [3.63, 3.8) is 0 Å². The van der Waals surface area contributed by atoms with Crippen molar-refractivity contribution in [3.05, 3.63) is 64.0 Å². The maximum Gasteiger partial charge on any atom is 0.220 e. The molecule has 1 amide bonds. The standard InChI is InChI=1S/C26H31N3O/c30-25(27-16-20-14-21-6-8-24(20)26(21)10-11-26)9-7-22-15-23(29-28-22)13-17-4-5-18-2-1-3-19(18)12-17/h4-5,12,14-15,21,24H,1-3,6-11,13,16H2,(H,27,30)(H,28,29). The molecular weight excluding hydrogens is 370 g/mol. The molecule has 2 aromatic rings. The highest BCUT2D eigenvalue weighted by Gasteiger charge is 2.61. The number of benzene rings is 1. The first-order valence-electron chi connectivity index (χ1n) is 11.8. The minimum Gasteiger partial charge on any atom is -0.352 e. The number of hydrogen-bond acceptors (Lipinski definition) is 2. The van der Waals surface area contributed by atoms with Gasteiger partial charge in [-0.3, -0.25) is 9.89 Å². The van der Waals surface area contributed by atoms with Gasteiger partial charge < -0.3 is 5.32 Å². The number of amides is 1. The molecule has 4 heteroatoms. The van der Waals surface area contributed by atoms with Gasteiger partial charge in [0, 0.05) is 31.5 Å². The number of aromatic nitrogens is 2. The molecule has 1 aromatic heterocycles. The Hall–Kier alpha value is -2.36. The quantitative estimate of drug-likeness (QED) is 0.680. The van der Waals surface area contributed by atoms with Gasteiger partial charge in [-0.1, -0.05) is 29.8 Å². The van der Waals surface area contributed by atoms with Crippen LogP contribution in [-0.4, -0.2) is 22.6 Å². The Balaban J connectivity index is 0.986. The Morgan fingerprint density at radius 1 is 1.17 bits per heavy atom. The van der Waals surface area contributed by atoms with Gasteiger partial charge in [-0.05, 0) is 85.0 Å². The van der Waals surface area contributed by atoms with E-state index >= 15 is 0 Å². The van der Waals surface area contributed by atoms with Gasteiger partial charge in [0.25, 0.3) is 0 Å². The molecule has 0 saturated heterocycles. The molecule has 2 bridgehead atoms. The zero-order valence-corrected chi connectivity index (χ0v) is 17.7. The largest absolute Gasteiger partial charge is 0.352 e. The van der Waals surface area contributed by atoms with Crippen LogP contribution in [-0.2, 0) is 30.5 Å². The van der Waals surface area contributed by atoms with Crippen molar-refractivity contribution in [2.75, 3.05) is 6.54 Å². The van der Waals surface area contributed by atoms with Crippen molar-refractivity contribution in [2.24, 2.45) is 17.3 Å². The van der Waals surface area contributed by atoms with E-state index in [0.717, 1.165) is 36.2 Å². The van der Waals surface area contributed by atoms with E-state index in [1.165, 1.54) is 67.2 Å². The van der Waals surface area contributed by atoms with E-state index in [4.69, 9.17) is 0 Å². The molecule has 2 N–H and O–H groups in total. The van der Waals surface area contributed by atoms with Gasteiger partial charge in [0.2, 0.25) is 5.91 Å². The summed E-state index contributed by atoms with van der Waals surface area (Å²) in [6.45, 7) is 0.756. The van der Waals surface area contributed by atoms with Crippen molar-refractivity contribution < 1.29 is 4.79 Å². The number of allylic oxidation sites excluding steroid dienone is 1. The van der Waals surface area contributed by atoms with Crippen molar-refractivity contribution >= 4 is 5.91 Å². The molecule has 2 saturated carbocycles. The van der Waals surface area contributed by atoms with Crippen LogP contribution in [0.1, 0.15) is 66.6 Å². The van der Waals surface area contributed by atoms with Crippen LogP contribution < -0.4 is 5.32 Å². The smallest absolute Gasteiger partial charge is 0.220 e. The topological polar surface area (TPSA) is 57.8 Å². The first-order valence-corrected chi connectivity index (χ1v) is 11.8. The molecule has 4 aliphatic rings. The maximum atomic E-state index is 12.4. The summed E-state index contributed by atoms with van der Waals surface area (Å²) in [7, 11) is 0. The lowest BCUT2D eigenvalue weighted by molar-refractivity contribution is -0.120. The summed E-state index contributed by atoms with van der Waals surface area (Å²) < 4.78 is 0. The number of aromatic amines is 1. The molecule has 4 nitrogen and oxygen atoms in total. The van der Waals surface area contributed by atoms with Gasteiger partial charge in [-0.25, -0.2) is 0 Å².